The average molecular weight is 276 g/mol. The molecule has 2 aliphatic rings. The van der Waals surface area contributed by atoms with Crippen molar-refractivity contribution in [3.63, 3.8) is 0 Å². The summed E-state index contributed by atoms with van der Waals surface area (Å²) >= 11 is 0. The van der Waals surface area contributed by atoms with Crippen molar-refractivity contribution in [2.45, 2.75) is 65.3 Å². The predicted molar refractivity (Wildman–Crippen MR) is 84.1 cm³/mol. The molecule has 0 aromatic carbocycles. The van der Waals surface area contributed by atoms with Gasteiger partial charge < -0.3 is 10.6 Å². The fourth-order valence-electron chi connectivity index (χ4n) is 4.04. The highest BCUT2D eigenvalue weighted by Crippen LogP contribution is 2.47. The van der Waals surface area contributed by atoms with E-state index in [1.165, 1.54) is 38.5 Å². The number of nitrogens with zero attached hydrogens (tertiary/aromatic N) is 3. The van der Waals surface area contributed by atoms with Gasteiger partial charge in [-0.15, -0.1) is 0 Å². The van der Waals surface area contributed by atoms with Crippen molar-refractivity contribution in [2.24, 2.45) is 5.41 Å². The molecule has 20 heavy (non-hydrogen) atoms. The quantitative estimate of drug-likeness (QED) is 0.899. The van der Waals surface area contributed by atoms with Crippen LogP contribution in [0.1, 0.15) is 64.1 Å². The van der Waals surface area contributed by atoms with Crippen molar-refractivity contribution in [2.75, 3.05) is 23.7 Å². The lowest BCUT2D eigenvalue weighted by molar-refractivity contribution is 0.225. The second-order valence-corrected chi connectivity index (χ2v) is 7.06. The van der Waals surface area contributed by atoms with Gasteiger partial charge in [-0.1, -0.05) is 12.8 Å². The van der Waals surface area contributed by atoms with Gasteiger partial charge in [0.1, 0.15) is 0 Å². The number of hydrogen-bond acceptors (Lipinski definition) is 3. The number of aryl methyl sites for hydroxylation is 1. The summed E-state index contributed by atoms with van der Waals surface area (Å²) in [6.45, 7) is 8.65. The first-order valence-electron chi connectivity index (χ1n) is 8.12. The molecule has 2 heterocycles. The molecule has 1 aliphatic carbocycles. The molecule has 2 N–H and O–H groups in total. The van der Waals surface area contributed by atoms with Crippen molar-refractivity contribution >= 4 is 11.5 Å². The SMILES string of the molecule is Cc1nn(C(C)C)c(N2CCC3(CCCC3)CC2)c1N. The average Bonchev–Trinajstić information content (AvgIpc) is 2.98. The first kappa shape index (κ1) is 13.8. The van der Waals surface area contributed by atoms with Gasteiger partial charge in [0.2, 0.25) is 0 Å². The highest BCUT2D eigenvalue weighted by atomic mass is 15.4. The fourth-order valence-corrected chi connectivity index (χ4v) is 4.04. The molecule has 3 rings (SSSR count). The topological polar surface area (TPSA) is 47.1 Å². The van der Waals surface area contributed by atoms with Crippen molar-refractivity contribution < 1.29 is 0 Å². The lowest BCUT2D eigenvalue weighted by atomic mass is 9.77. The Morgan fingerprint density at radius 1 is 1.10 bits per heavy atom. The van der Waals surface area contributed by atoms with E-state index in [9.17, 15) is 0 Å². The molecule has 4 nitrogen and oxygen atoms in total. The van der Waals surface area contributed by atoms with E-state index >= 15 is 0 Å². The Morgan fingerprint density at radius 2 is 1.70 bits per heavy atom. The number of aromatic nitrogens is 2. The van der Waals surface area contributed by atoms with Crippen LogP contribution in [-0.2, 0) is 0 Å². The summed E-state index contributed by atoms with van der Waals surface area (Å²) in [4.78, 5) is 2.47. The maximum atomic E-state index is 6.29. The highest BCUT2D eigenvalue weighted by Gasteiger charge is 2.38. The van der Waals surface area contributed by atoms with E-state index in [-0.39, 0.29) is 0 Å². The highest BCUT2D eigenvalue weighted by molar-refractivity contribution is 5.66. The van der Waals surface area contributed by atoms with Gasteiger partial charge in [-0.2, -0.15) is 5.10 Å². The van der Waals surface area contributed by atoms with Gasteiger partial charge >= 0.3 is 0 Å². The van der Waals surface area contributed by atoms with Crippen LogP contribution in [-0.4, -0.2) is 22.9 Å². The summed E-state index contributed by atoms with van der Waals surface area (Å²) in [5.41, 5.74) is 8.79. The second kappa shape index (κ2) is 4.97. The van der Waals surface area contributed by atoms with Gasteiger partial charge in [-0.3, -0.25) is 0 Å². The Balaban J connectivity index is 1.81. The first-order valence-corrected chi connectivity index (χ1v) is 8.12. The Labute approximate surface area is 122 Å². The van der Waals surface area contributed by atoms with Crippen LogP contribution in [0.15, 0.2) is 0 Å². The van der Waals surface area contributed by atoms with Crippen molar-refractivity contribution in [3.05, 3.63) is 5.69 Å². The zero-order valence-electron chi connectivity index (χ0n) is 13.2. The standard InChI is InChI=1S/C16H28N4/c1-12(2)20-15(14(17)13(3)18-20)19-10-8-16(9-11-19)6-4-5-7-16/h12H,4-11,17H2,1-3H3. The van der Waals surface area contributed by atoms with Gasteiger partial charge in [0.25, 0.3) is 0 Å². The van der Waals surface area contributed by atoms with Crippen molar-refractivity contribution in [3.8, 4) is 0 Å². The third kappa shape index (κ3) is 2.19. The lowest BCUT2D eigenvalue weighted by Gasteiger charge is -2.40. The fraction of sp³-hybridized carbons (Fsp3) is 0.812. The monoisotopic (exact) mass is 276 g/mol. The number of nitrogen functional groups attached to an aromatic ring is 1. The summed E-state index contributed by atoms with van der Waals surface area (Å²) < 4.78 is 2.11. The lowest BCUT2D eigenvalue weighted by Crippen LogP contribution is -2.40. The molecule has 0 unspecified atom stereocenters. The molecule has 112 valence electrons. The molecule has 1 aliphatic heterocycles. The first-order chi connectivity index (χ1) is 9.52. The van der Waals surface area contributed by atoms with Crippen molar-refractivity contribution in [1.82, 2.24) is 9.78 Å². The van der Waals surface area contributed by atoms with Crippen LogP contribution in [0.4, 0.5) is 11.5 Å². The number of piperidine rings is 1. The van der Waals surface area contributed by atoms with E-state index in [2.05, 4.69) is 28.5 Å². The van der Waals surface area contributed by atoms with E-state index < -0.39 is 0 Å². The molecule has 0 atom stereocenters. The number of nitrogens with two attached hydrogens (primary N) is 1. The number of hydrogen-bond donors (Lipinski definition) is 1. The van der Waals surface area contributed by atoms with Crippen LogP contribution in [0.3, 0.4) is 0 Å². The molecular weight excluding hydrogens is 248 g/mol. The number of rotatable bonds is 2. The van der Waals surface area contributed by atoms with Crippen molar-refractivity contribution in [1.29, 1.82) is 0 Å². The molecule has 0 bridgehead atoms. The molecular formula is C16H28N4. The molecule has 1 aromatic rings. The van der Waals surface area contributed by atoms with Gasteiger partial charge in [-0.05, 0) is 51.9 Å². The molecule has 0 amide bonds. The Bertz CT molecular complexity index is 473. The van der Waals surface area contributed by atoms with Gasteiger partial charge in [0.15, 0.2) is 5.82 Å². The zero-order valence-corrected chi connectivity index (χ0v) is 13.2. The van der Waals surface area contributed by atoms with E-state index in [1.54, 1.807) is 0 Å². The minimum atomic E-state index is 0.364. The molecule has 1 spiro atoms. The summed E-state index contributed by atoms with van der Waals surface area (Å²) in [5, 5.41) is 4.62. The summed E-state index contributed by atoms with van der Waals surface area (Å²) in [7, 11) is 0. The van der Waals surface area contributed by atoms with Gasteiger partial charge in [0, 0.05) is 19.1 Å². The third-order valence-electron chi connectivity index (χ3n) is 5.38. The maximum absolute atomic E-state index is 6.29. The van der Waals surface area contributed by atoms with E-state index in [0.717, 1.165) is 30.3 Å². The van der Waals surface area contributed by atoms with E-state index in [4.69, 9.17) is 5.73 Å². The molecule has 4 heteroatoms. The molecule has 1 saturated carbocycles. The number of anilines is 2. The normalized spacial score (nSPS) is 22.1. The predicted octanol–water partition coefficient (Wildman–Crippen LogP) is 3.52. The second-order valence-electron chi connectivity index (χ2n) is 7.06. The summed E-state index contributed by atoms with van der Waals surface area (Å²) in [5.74, 6) is 1.16. The van der Waals surface area contributed by atoms with Crippen LogP contribution >= 0.6 is 0 Å². The molecule has 2 fully saturated rings. The van der Waals surface area contributed by atoms with Crippen LogP contribution in [0, 0.1) is 12.3 Å². The van der Waals surface area contributed by atoms with Gasteiger partial charge in [-0.25, -0.2) is 4.68 Å². The van der Waals surface area contributed by atoms with Gasteiger partial charge in [0.05, 0.1) is 11.4 Å². The molecule has 0 radical (unpaired) electrons. The zero-order chi connectivity index (χ0) is 14.3. The van der Waals surface area contributed by atoms with Crippen LogP contribution < -0.4 is 10.6 Å². The Kier molecular flexibility index (Phi) is 3.43. The van der Waals surface area contributed by atoms with E-state index in [0.29, 0.717) is 11.5 Å². The minimum absolute atomic E-state index is 0.364. The Morgan fingerprint density at radius 3 is 2.25 bits per heavy atom. The Hall–Kier alpha value is -1.19. The molecule has 1 saturated heterocycles. The third-order valence-corrected chi connectivity index (χ3v) is 5.38. The van der Waals surface area contributed by atoms with Crippen LogP contribution in [0.25, 0.3) is 0 Å². The molecule has 1 aromatic heterocycles. The van der Waals surface area contributed by atoms with E-state index in [1.807, 2.05) is 6.92 Å². The maximum Gasteiger partial charge on any atom is 0.150 e. The largest absolute Gasteiger partial charge is 0.394 e. The van der Waals surface area contributed by atoms with Crippen LogP contribution in [0.5, 0.6) is 0 Å². The van der Waals surface area contributed by atoms with Crippen LogP contribution in [0.2, 0.25) is 0 Å². The smallest absolute Gasteiger partial charge is 0.150 e. The summed E-state index contributed by atoms with van der Waals surface area (Å²) in [6, 6.07) is 0.364. The summed E-state index contributed by atoms with van der Waals surface area (Å²) in [6.07, 6.45) is 8.41. The minimum Gasteiger partial charge on any atom is -0.394 e.